The lowest BCUT2D eigenvalue weighted by molar-refractivity contribution is 0.102. The highest BCUT2D eigenvalue weighted by Crippen LogP contribution is 2.40. The number of para-hydroxylation sites is 1. The summed E-state index contributed by atoms with van der Waals surface area (Å²) in [5.74, 6) is 0.685. The Labute approximate surface area is 187 Å². The molecule has 3 aromatic rings. The minimum absolute atomic E-state index is 0.0568. The first kappa shape index (κ1) is 20.6. The molecule has 0 unspecified atom stereocenters. The molecule has 2 aliphatic rings. The molecule has 32 heavy (non-hydrogen) atoms. The van der Waals surface area contributed by atoms with Gasteiger partial charge in [-0.2, -0.15) is 8.42 Å². The van der Waals surface area contributed by atoms with E-state index in [4.69, 9.17) is 4.98 Å². The van der Waals surface area contributed by atoms with Crippen molar-refractivity contribution in [1.82, 2.24) is 9.88 Å². The van der Waals surface area contributed by atoms with Crippen LogP contribution in [0.2, 0.25) is 0 Å². The summed E-state index contributed by atoms with van der Waals surface area (Å²) in [7, 11) is -2.02. The molecule has 1 amide bonds. The Morgan fingerprint density at radius 2 is 1.94 bits per heavy atom. The van der Waals surface area contributed by atoms with Gasteiger partial charge >= 0.3 is 0 Å². The van der Waals surface area contributed by atoms with Crippen molar-refractivity contribution in [2.24, 2.45) is 4.40 Å². The Balaban J connectivity index is 1.45. The van der Waals surface area contributed by atoms with Crippen molar-refractivity contribution in [2.45, 2.75) is 36.5 Å². The zero-order valence-electron chi connectivity index (χ0n) is 17.8. The van der Waals surface area contributed by atoms with Crippen LogP contribution in [0.15, 0.2) is 63.9 Å². The average molecular weight is 449 g/mol. The van der Waals surface area contributed by atoms with Gasteiger partial charge in [-0.05, 0) is 49.6 Å². The van der Waals surface area contributed by atoms with Gasteiger partial charge in [-0.1, -0.05) is 24.3 Å². The Hall–Kier alpha value is -3.26. The number of aromatic nitrogens is 1. The van der Waals surface area contributed by atoms with Crippen LogP contribution in [0.5, 0.6) is 0 Å². The smallest absolute Gasteiger partial charge is 0.284 e. The molecule has 0 spiro atoms. The molecule has 8 heteroatoms. The van der Waals surface area contributed by atoms with Crippen LogP contribution >= 0.6 is 0 Å². The highest BCUT2D eigenvalue weighted by molar-refractivity contribution is 7.90. The number of hydrogen-bond donors (Lipinski definition) is 1. The van der Waals surface area contributed by atoms with Crippen LogP contribution in [-0.2, 0) is 10.0 Å². The maximum atomic E-state index is 13.2. The van der Waals surface area contributed by atoms with Crippen molar-refractivity contribution in [3.05, 3.63) is 65.9 Å². The normalized spacial score (nSPS) is 17.8. The van der Waals surface area contributed by atoms with Crippen LogP contribution in [0, 0.1) is 0 Å². The quantitative estimate of drug-likeness (QED) is 0.632. The van der Waals surface area contributed by atoms with Gasteiger partial charge in [0.2, 0.25) is 0 Å². The van der Waals surface area contributed by atoms with Gasteiger partial charge in [-0.15, -0.1) is 4.40 Å². The Morgan fingerprint density at radius 3 is 2.69 bits per heavy atom. The van der Waals surface area contributed by atoms with Gasteiger partial charge in [-0.25, -0.2) is 0 Å². The lowest BCUT2D eigenvalue weighted by atomic mass is 10.1. The molecule has 1 aromatic heterocycles. The first-order valence-electron chi connectivity index (χ1n) is 10.8. The summed E-state index contributed by atoms with van der Waals surface area (Å²) in [5, 5.41) is 3.63. The summed E-state index contributed by atoms with van der Waals surface area (Å²) >= 11 is 0. The summed E-state index contributed by atoms with van der Waals surface area (Å²) < 4.78 is 29.6. The molecule has 7 nitrogen and oxygen atoms in total. The number of amidine groups is 1. The topological polar surface area (TPSA) is 91.7 Å². The molecule has 1 saturated carbocycles. The molecule has 2 fully saturated rings. The maximum Gasteiger partial charge on any atom is 0.284 e. The van der Waals surface area contributed by atoms with Crippen molar-refractivity contribution in [1.29, 1.82) is 0 Å². The molecule has 1 N–H and O–H groups in total. The molecule has 1 aliphatic heterocycles. The minimum Gasteiger partial charge on any atom is -0.362 e. The van der Waals surface area contributed by atoms with E-state index in [0.29, 0.717) is 29.4 Å². The standard InChI is InChI=1S/C24H24N4O3S/c1-28-13-5-10-23(28)27-32(30,31)18-7-4-6-17(14-18)25-24(29)20-15-22(16-11-12-16)26-21-9-3-2-8-19(20)21/h2-4,6-9,14-16H,5,10-13H2,1H3,(H,25,29)/b27-23+. The van der Waals surface area contributed by atoms with E-state index in [1.165, 1.54) is 12.1 Å². The Bertz CT molecular complexity index is 1350. The van der Waals surface area contributed by atoms with E-state index < -0.39 is 10.0 Å². The number of pyridine rings is 1. The van der Waals surface area contributed by atoms with Crippen LogP contribution in [0.25, 0.3) is 10.9 Å². The molecule has 1 aliphatic carbocycles. The van der Waals surface area contributed by atoms with Crippen molar-refractivity contribution >= 4 is 38.4 Å². The van der Waals surface area contributed by atoms with Gasteiger partial charge in [-0.3, -0.25) is 9.78 Å². The molecule has 0 atom stereocenters. The summed E-state index contributed by atoms with van der Waals surface area (Å²) in [6.07, 6.45) is 3.71. The molecular weight excluding hydrogens is 424 g/mol. The fraction of sp³-hybridized carbons (Fsp3) is 0.292. The van der Waals surface area contributed by atoms with Gasteiger partial charge < -0.3 is 10.2 Å². The number of carbonyl (C=O) groups is 1. The van der Waals surface area contributed by atoms with Crippen LogP contribution in [0.4, 0.5) is 5.69 Å². The number of amides is 1. The highest BCUT2D eigenvalue weighted by atomic mass is 32.2. The van der Waals surface area contributed by atoms with Gasteiger partial charge in [0.25, 0.3) is 15.9 Å². The fourth-order valence-electron chi connectivity index (χ4n) is 4.01. The molecule has 0 radical (unpaired) electrons. The number of benzene rings is 2. The second kappa shape index (κ2) is 8.02. The third-order valence-electron chi connectivity index (χ3n) is 5.93. The molecule has 164 valence electrons. The monoisotopic (exact) mass is 448 g/mol. The number of sulfonamides is 1. The number of likely N-dealkylation sites (tertiary alicyclic amines) is 1. The third-order valence-corrected chi connectivity index (χ3v) is 7.23. The number of nitrogens with zero attached hydrogens (tertiary/aromatic N) is 3. The summed E-state index contributed by atoms with van der Waals surface area (Å²) in [6.45, 7) is 0.799. The van der Waals surface area contributed by atoms with Crippen molar-refractivity contribution in [2.75, 3.05) is 18.9 Å². The van der Waals surface area contributed by atoms with Crippen molar-refractivity contribution in [3.63, 3.8) is 0 Å². The second-order valence-corrected chi connectivity index (χ2v) is 9.98. The molecule has 5 rings (SSSR count). The van der Waals surface area contributed by atoms with E-state index in [9.17, 15) is 13.2 Å². The van der Waals surface area contributed by atoms with E-state index in [0.717, 1.165) is 42.4 Å². The van der Waals surface area contributed by atoms with E-state index >= 15 is 0 Å². The number of anilines is 1. The van der Waals surface area contributed by atoms with Crippen LogP contribution in [0.3, 0.4) is 0 Å². The second-order valence-electron chi connectivity index (χ2n) is 8.38. The molecular formula is C24H24N4O3S. The zero-order valence-corrected chi connectivity index (χ0v) is 18.6. The molecule has 2 heterocycles. The van der Waals surface area contributed by atoms with Crippen LogP contribution < -0.4 is 5.32 Å². The molecule has 1 saturated heterocycles. The summed E-state index contributed by atoms with van der Waals surface area (Å²) in [4.78, 5) is 19.8. The minimum atomic E-state index is -3.86. The highest BCUT2D eigenvalue weighted by Gasteiger charge is 2.27. The van der Waals surface area contributed by atoms with Crippen LogP contribution in [-0.4, -0.2) is 43.6 Å². The van der Waals surface area contributed by atoms with Crippen LogP contribution in [0.1, 0.15) is 47.7 Å². The first-order chi connectivity index (χ1) is 15.4. The van der Waals surface area contributed by atoms with Crippen molar-refractivity contribution in [3.8, 4) is 0 Å². The van der Waals surface area contributed by atoms with Gasteiger partial charge in [0.1, 0.15) is 5.84 Å². The van der Waals surface area contributed by atoms with E-state index in [1.54, 1.807) is 12.1 Å². The number of fused-ring (bicyclic) bond motifs is 1. The third kappa shape index (κ3) is 4.10. The fourth-order valence-corrected chi connectivity index (χ4v) is 5.15. The van der Waals surface area contributed by atoms with Gasteiger partial charge in [0.15, 0.2) is 0 Å². The number of rotatable bonds is 5. The predicted octanol–water partition coefficient (Wildman–Crippen LogP) is 4.18. The number of hydrogen-bond acceptors (Lipinski definition) is 4. The maximum absolute atomic E-state index is 13.2. The molecule has 0 bridgehead atoms. The lowest BCUT2D eigenvalue weighted by Crippen LogP contribution is -2.20. The first-order valence-corrected chi connectivity index (χ1v) is 12.2. The zero-order chi connectivity index (χ0) is 22.3. The van der Waals surface area contributed by atoms with E-state index in [1.807, 2.05) is 42.3 Å². The number of nitrogens with one attached hydrogen (secondary N) is 1. The summed E-state index contributed by atoms with van der Waals surface area (Å²) in [5.41, 5.74) is 2.67. The molecule has 2 aromatic carbocycles. The Kier molecular flexibility index (Phi) is 5.17. The predicted molar refractivity (Wildman–Crippen MR) is 125 cm³/mol. The van der Waals surface area contributed by atoms with E-state index in [2.05, 4.69) is 9.71 Å². The average Bonchev–Trinajstić information content (AvgIpc) is 3.56. The lowest BCUT2D eigenvalue weighted by Gasteiger charge is -2.12. The number of carbonyl (C=O) groups excluding carboxylic acids is 1. The van der Waals surface area contributed by atoms with Gasteiger partial charge in [0, 0.05) is 42.7 Å². The largest absolute Gasteiger partial charge is 0.362 e. The SMILES string of the molecule is CN1CCC/C1=N\S(=O)(=O)c1cccc(NC(=O)c2cc(C3CC3)nc3ccccc23)c1. The van der Waals surface area contributed by atoms with Crippen molar-refractivity contribution < 1.29 is 13.2 Å². The van der Waals surface area contributed by atoms with E-state index in [-0.39, 0.29) is 10.8 Å². The summed E-state index contributed by atoms with van der Waals surface area (Å²) in [6, 6.07) is 15.7. The Morgan fingerprint density at radius 1 is 1.12 bits per heavy atom. The van der Waals surface area contributed by atoms with Gasteiger partial charge in [0.05, 0.1) is 16.0 Å².